The monoisotopic (exact) mass is 298 g/mol. The van der Waals surface area contributed by atoms with Crippen LogP contribution in [0.25, 0.3) is 0 Å². The van der Waals surface area contributed by atoms with Crippen molar-refractivity contribution in [2.45, 2.75) is 57.2 Å². The summed E-state index contributed by atoms with van der Waals surface area (Å²) in [5.41, 5.74) is -0.788. The lowest BCUT2D eigenvalue weighted by Crippen LogP contribution is -2.53. The maximum atomic E-state index is 12.3. The molecule has 0 aromatic carbocycles. The number of carbonyl (C=O) groups excluding carboxylic acids is 1. The largest absolute Gasteiger partial charge is 0.480 e. The molecule has 0 saturated carbocycles. The van der Waals surface area contributed by atoms with E-state index in [-0.39, 0.29) is 18.0 Å². The van der Waals surface area contributed by atoms with E-state index in [4.69, 9.17) is 4.74 Å². The van der Waals surface area contributed by atoms with E-state index in [1.165, 1.54) is 0 Å². The summed E-state index contributed by atoms with van der Waals surface area (Å²) >= 11 is 0. The molecule has 0 radical (unpaired) electrons. The molecule has 21 heavy (non-hydrogen) atoms. The first-order valence-electron chi connectivity index (χ1n) is 7.70. The minimum absolute atomic E-state index is 0.0136. The summed E-state index contributed by atoms with van der Waals surface area (Å²) in [6.45, 7) is 5.78. The Morgan fingerprint density at radius 3 is 2.29 bits per heavy atom. The van der Waals surface area contributed by atoms with Crippen molar-refractivity contribution in [3.8, 4) is 0 Å². The number of piperidine rings is 1. The third-order valence-corrected chi connectivity index (χ3v) is 4.83. The maximum absolute atomic E-state index is 12.3. The number of ether oxygens (including phenoxy) is 1. The summed E-state index contributed by atoms with van der Waals surface area (Å²) in [4.78, 5) is 27.6. The Morgan fingerprint density at radius 2 is 1.76 bits per heavy atom. The van der Waals surface area contributed by atoms with Gasteiger partial charge in [-0.2, -0.15) is 0 Å². The first-order chi connectivity index (χ1) is 9.86. The molecular formula is C15H26N2O4. The van der Waals surface area contributed by atoms with E-state index < -0.39 is 11.6 Å². The van der Waals surface area contributed by atoms with Crippen molar-refractivity contribution in [1.29, 1.82) is 0 Å². The van der Waals surface area contributed by atoms with Crippen LogP contribution in [0.4, 0.5) is 0 Å². The van der Waals surface area contributed by atoms with Gasteiger partial charge >= 0.3 is 5.97 Å². The zero-order chi connectivity index (χ0) is 15.6. The molecule has 1 N–H and O–H groups in total. The molecular weight excluding hydrogens is 272 g/mol. The number of nitrogens with zero attached hydrogens (tertiary/aromatic N) is 2. The lowest BCUT2D eigenvalue weighted by molar-refractivity contribution is -0.153. The maximum Gasteiger partial charge on any atom is 0.320 e. The van der Waals surface area contributed by atoms with Crippen molar-refractivity contribution in [1.82, 2.24) is 9.80 Å². The second-order valence-electron chi connectivity index (χ2n) is 6.47. The van der Waals surface area contributed by atoms with Gasteiger partial charge in [0.1, 0.15) is 11.6 Å². The first-order valence-corrected chi connectivity index (χ1v) is 7.70. The van der Waals surface area contributed by atoms with E-state index in [2.05, 4.69) is 4.90 Å². The molecule has 120 valence electrons. The fourth-order valence-electron chi connectivity index (χ4n) is 3.36. The summed E-state index contributed by atoms with van der Waals surface area (Å²) in [7, 11) is 1.55. The molecule has 2 saturated heterocycles. The highest BCUT2D eigenvalue weighted by Crippen LogP contribution is 2.27. The molecule has 0 aromatic heterocycles. The molecule has 2 fully saturated rings. The molecule has 1 atom stereocenters. The van der Waals surface area contributed by atoms with Crippen LogP contribution in [-0.4, -0.2) is 71.2 Å². The predicted molar refractivity (Wildman–Crippen MR) is 78.1 cm³/mol. The topological polar surface area (TPSA) is 70.1 Å². The van der Waals surface area contributed by atoms with Crippen molar-refractivity contribution in [2.24, 2.45) is 0 Å². The number of hydrogen-bond acceptors (Lipinski definition) is 4. The second-order valence-corrected chi connectivity index (χ2v) is 6.47. The normalized spacial score (nSPS) is 25.3. The third-order valence-electron chi connectivity index (χ3n) is 4.83. The van der Waals surface area contributed by atoms with E-state index >= 15 is 0 Å². The van der Waals surface area contributed by atoms with Gasteiger partial charge in [-0.15, -0.1) is 0 Å². The van der Waals surface area contributed by atoms with Gasteiger partial charge in [-0.05, 0) is 46.1 Å². The minimum Gasteiger partial charge on any atom is -0.480 e. The fraction of sp³-hybridized carbons (Fsp3) is 0.867. The van der Waals surface area contributed by atoms with E-state index in [1.807, 2.05) is 4.90 Å². The molecule has 0 aliphatic carbocycles. The van der Waals surface area contributed by atoms with Crippen LogP contribution in [0.5, 0.6) is 0 Å². The molecule has 2 aliphatic rings. The molecule has 0 bridgehead atoms. The van der Waals surface area contributed by atoms with Crippen LogP contribution < -0.4 is 0 Å². The zero-order valence-electron chi connectivity index (χ0n) is 13.2. The van der Waals surface area contributed by atoms with Crippen LogP contribution in [0.1, 0.15) is 39.5 Å². The van der Waals surface area contributed by atoms with Gasteiger partial charge in [0.2, 0.25) is 0 Å². The Kier molecular flexibility index (Phi) is 4.88. The molecule has 2 rings (SSSR count). The van der Waals surface area contributed by atoms with Crippen LogP contribution in [0.2, 0.25) is 0 Å². The van der Waals surface area contributed by atoms with Crippen molar-refractivity contribution in [3.63, 3.8) is 0 Å². The molecule has 6 nitrogen and oxygen atoms in total. The van der Waals surface area contributed by atoms with Gasteiger partial charge in [-0.25, -0.2) is 0 Å². The standard InChI is InChI=1S/C15H26N2O4/c1-15(2,21-3)14(20)16-9-6-11(7-10-16)17-8-4-5-12(17)13(18)19/h11-12H,4-10H2,1-3H3,(H,18,19). The number of hydrogen-bond donors (Lipinski definition) is 1. The SMILES string of the molecule is COC(C)(C)C(=O)N1CCC(N2CCCC2C(=O)O)CC1. The number of rotatable bonds is 4. The van der Waals surface area contributed by atoms with Gasteiger partial charge in [-0.3, -0.25) is 14.5 Å². The number of amides is 1. The highest BCUT2D eigenvalue weighted by atomic mass is 16.5. The average Bonchev–Trinajstić information content (AvgIpc) is 2.96. The Hall–Kier alpha value is -1.14. The van der Waals surface area contributed by atoms with Crippen LogP contribution >= 0.6 is 0 Å². The van der Waals surface area contributed by atoms with Crippen molar-refractivity contribution in [2.75, 3.05) is 26.7 Å². The number of likely N-dealkylation sites (tertiary alicyclic amines) is 2. The van der Waals surface area contributed by atoms with Crippen LogP contribution in [0, 0.1) is 0 Å². The quantitative estimate of drug-likeness (QED) is 0.837. The van der Waals surface area contributed by atoms with Gasteiger partial charge < -0.3 is 14.7 Å². The summed E-state index contributed by atoms with van der Waals surface area (Å²) in [6, 6.07) is -0.0593. The number of methoxy groups -OCH3 is 1. The molecule has 1 amide bonds. The predicted octanol–water partition coefficient (Wildman–Crippen LogP) is 0.951. The van der Waals surface area contributed by atoms with Crippen LogP contribution in [0.15, 0.2) is 0 Å². The van der Waals surface area contributed by atoms with Crippen molar-refractivity contribution >= 4 is 11.9 Å². The first kappa shape index (κ1) is 16.2. The highest BCUT2D eigenvalue weighted by Gasteiger charge is 2.39. The lowest BCUT2D eigenvalue weighted by atomic mass is 9.99. The number of carboxylic acids is 1. The highest BCUT2D eigenvalue weighted by molar-refractivity contribution is 5.84. The summed E-state index contributed by atoms with van der Waals surface area (Å²) in [6.07, 6.45) is 3.38. The smallest absolute Gasteiger partial charge is 0.320 e. The molecule has 0 aromatic rings. The van der Waals surface area contributed by atoms with Gasteiger partial charge in [0, 0.05) is 26.2 Å². The number of carbonyl (C=O) groups is 2. The minimum atomic E-state index is -0.788. The lowest BCUT2D eigenvalue weighted by Gasteiger charge is -2.40. The number of carboxylic acid groups (broad SMARTS) is 1. The van der Waals surface area contributed by atoms with E-state index in [1.54, 1.807) is 21.0 Å². The molecule has 6 heteroatoms. The van der Waals surface area contributed by atoms with E-state index in [0.29, 0.717) is 13.1 Å². The van der Waals surface area contributed by atoms with Crippen molar-refractivity contribution in [3.05, 3.63) is 0 Å². The van der Waals surface area contributed by atoms with E-state index in [9.17, 15) is 14.7 Å². The Bertz CT molecular complexity index is 402. The van der Waals surface area contributed by atoms with Crippen LogP contribution in [-0.2, 0) is 14.3 Å². The Morgan fingerprint density at radius 1 is 1.14 bits per heavy atom. The number of aliphatic carboxylic acids is 1. The summed E-state index contributed by atoms with van der Waals surface area (Å²) in [5.74, 6) is -0.703. The Labute approximate surface area is 126 Å². The third kappa shape index (κ3) is 3.37. The second kappa shape index (κ2) is 6.32. The zero-order valence-corrected chi connectivity index (χ0v) is 13.2. The average molecular weight is 298 g/mol. The summed E-state index contributed by atoms with van der Waals surface area (Å²) in [5, 5.41) is 9.27. The Balaban J connectivity index is 1.92. The van der Waals surface area contributed by atoms with Gasteiger partial charge in [0.05, 0.1) is 0 Å². The van der Waals surface area contributed by atoms with Crippen LogP contribution in [0.3, 0.4) is 0 Å². The van der Waals surface area contributed by atoms with Crippen molar-refractivity contribution < 1.29 is 19.4 Å². The molecule has 1 unspecified atom stereocenters. The molecule has 2 aliphatic heterocycles. The van der Waals surface area contributed by atoms with Gasteiger partial charge in [0.25, 0.3) is 5.91 Å². The van der Waals surface area contributed by atoms with Gasteiger partial charge in [-0.1, -0.05) is 0 Å². The molecule has 2 heterocycles. The van der Waals surface area contributed by atoms with Gasteiger partial charge in [0.15, 0.2) is 0 Å². The summed E-state index contributed by atoms with van der Waals surface area (Å²) < 4.78 is 5.25. The fourth-order valence-corrected chi connectivity index (χ4v) is 3.36. The molecule has 0 spiro atoms. The van der Waals surface area contributed by atoms with E-state index in [0.717, 1.165) is 32.2 Å².